The van der Waals surface area contributed by atoms with E-state index in [1.807, 2.05) is 0 Å². The maximum Gasteiger partial charge on any atom is 0.0851 e. The lowest BCUT2D eigenvalue weighted by atomic mass is 10.2. The van der Waals surface area contributed by atoms with Crippen molar-refractivity contribution >= 4 is 0 Å². The van der Waals surface area contributed by atoms with E-state index in [0.717, 1.165) is 0 Å². The summed E-state index contributed by atoms with van der Waals surface area (Å²) in [6, 6.07) is 0. The molecule has 9 heavy (non-hydrogen) atoms. The molecule has 0 spiro atoms. The van der Waals surface area contributed by atoms with Gasteiger partial charge in [-0.15, -0.1) is 0 Å². The van der Waals surface area contributed by atoms with Gasteiger partial charge in [0.1, 0.15) is 0 Å². The van der Waals surface area contributed by atoms with Crippen LogP contribution >= 0.6 is 0 Å². The number of aliphatic hydroxyl groups excluding tert-OH is 2. The average molecular weight is 128 g/mol. The van der Waals surface area contributed by atoms with E-state index in [1.165, 1.54) is 0 Å². The fourth-order valence-electron chi connectivity index (χ4n) is 0.497. The maximum atomic E-state index is 8.56. The van der Waals surface area contributed by atoms with Gasteiger partial charge in [0, 0.05) is 12.8 Å². The monoisotopic (exact) mass is 128 g/mol. The first-order valence-corrected chi connectivity index (χ1v) is 2.86. The van der Waals surface area contributed by atoms with Gasteiger partial charge in [0.25, 0.3) is 0 Å². The molecule has 0 atom stereocenters. The molecular weight excluding hydrogens is 116 g/mol. The van der Waals surface area contributed by atoms with E-state index in [9.17, 15) is 0 Å². The average Bonchev–Trinajstić information content (AvgIpc) is 1.63. The predicted octanol–water partition coefficient (Wildman–Crippen LogP) is 2.30. The molecule has 0 bridgehead atoms. The second kappa shape index (κ2) is 4.01. The molecule has 0 aromatic rings. The SMILES string of the molecule is C=C(O)CCCC(=C)O. The second-order valence-electron chi connectivity index (χ2n) is 1.99. The lowest BCUT2D eigenvalue weighted by Crippen LogP contribution is -1.82. The molecule has 0 aliphatic heterocycles. The molecule has 0 saturated carbocycles. The summed E-state index contributed by atoms with van der Waals surface area (Å²) in [7, 11) is 0. The quantitative estimate of drug-likeness (QED) is 0.570. The fraction of sp³-hybridized carbons (Fsp3) is 0.429. The highest BCUT2D eigenvalue weighted by Crippen LogP contribution is 2.04. The highest BCUT2D eigenvalue weighted by Gasteiger charge is 1.91. The Labute approximate surface area is 55.1 Å². The molecule has 0 unspecified atom stereocenters. The summed E-state index contributed by atoms with van der Waals surface area (Å²) in [5.74, 6) is 0.326. The number of rotatable bonds is 4. The van der Waals surface area contributed by atoms with E-state index < -0.39 is 0 Å². The van der Waals surface area contributed by atoms with Crippen molar-refractivity contribution in [1.82, 2.24) is 0 Å². The standard InChI is InChI=1S/C7H12O2/c1-6(8)4-3-5-7(2)9/h8-9H,1-5H2. The van der Waals surface area contributed by atoms with Crippen molar-refractivity contribution in [2.24, 2.45) is 0 Å². The molecule has 0 fully saturated rings. The van der Waals surface area contributed by atoms with Crippen molar-refractivity contribution < 1.29 is 10.2 Å². The van der Waals surface area contributed by atoms with Gasteiger partial charge in [-0.25, -0.2) is 0 Å². The number of allylic oxidation sites excluding steroid dienone is 2. The molecule has 52 valence electrons. The van der Waals surface area contributed by atoms with E-state index in [2.05, 4.69) is 13.2 Å². The fourth-order valence-corrected chi connectivity index (χ4v) is 0.497. The molecule has 0 radical (unpaired) electrons. The van der Waals surface area contributed by atoms with Crippen molar-refractivity contribution in [3.8, 4) is 0 Å². The predicted molar refractivity (Wildman–Crippen MR) is 37.4 cm³/mol. The van der Waals surface area contributed by atoms with Crippen LogP contribution in [0, 0.1) is 0 Å². The topological polar surface area (TPSA) is 40.5 Å². The van der Waals surface area contributed by atoms with Crippen molar-refractivity contribution in [3.05, 3.63) is 24.7 Å². The Morgan fingerprint density at radius 2 is 1.33 bits per heavy atom. The molecule has 0 amide bonds. The minimum Gasteiger partial charge on any atom is -0.513 e. The molecule has 0 rings (SSSR count). The normalized spacial score (nSPS) is 8.89. The zero-order valence-electron chi connectivity index (χ0n) is 5.43. The van der Waals surface area contributed by atoms with Crippen LogP contribution < -0.4 is 0 Å². The van der Waals surface area contributed by atoms with E-state index >= 15 is 0 Å². The molecule has 0 aromatic heterocycles. The van der Waals surface area contributed by atoms with Crippen molar-refractivity contribution in [2.45, 2.75) is 19.3 Å². The number of hydrogen-bond acceptors (Lipinski definition) is 2. The highest BCUT2D eigenvalue weighted by atomic mass is 16.3. The summed E-state index contributed by atoms with van der Waals surface area (Å²) in [5.41, 5.74) is 0. The first-order valence-electron chi connectivity index (χ1n) is 2.86. The van der Waals surface area contributed by atoms with Gasteiger partial charge in [-0.2, -0.15) is 0 Å². The third kappa shape index (κ3) is 7.08. The van der Waals surface area contributed by atoms with Crippen LogP contribution in [0.1, 0.15) is 19.3 Å². The Hall–Kier alpha value is -0.920. The number of aliphatic hydroxyl groups is 2. The summed E-state index contributed by atoms with van der Waals surface area (Å²) in [5, 5.41) is 17.1. The largest absolute Gasteiger partial charge is 0.513 e. The molecule has 0 aromatic carbocycles. The molecule has 0 aliphatic carbocycles. The Morgan fingerprint density at radius 1 is 1.00 bits per heavy atom. The third-order valence-electron chi connectivity index (χ3n) is 0.931. The van der Waals surface area contributed by atoms with E-state index in [0.29, 0.717) is 19.3 Å². The summed E-state index contributed by atoms with van der Waals surface area (Å²) >= 11 is 0. The van der Waals surface area contributed by atoms with Gasteiger partial charge in [0.05, 0.1) is 11.5 Å². The van der Waals surface area contributed by atoms with Gasteiger partial charge in [-0.3, -0.25) is 0 Å². The summed E-state index contributed by atoms with van der Waals surface area (Å²) in [4.78, 5) is 0. The van der Waals surface area contributed by atoms with Crippen LogP contribution in [0.15, 0.2) is 24.7 Å². The molecule has 2 heteroatoms. The van der Waals surface area contributed by atoms with Crippen LogP contribution in [0.2, 0.25) is 0 Å². The minimum absolute atomic E-state index is 0.163. The van der Waals surface area contributed by atoms with Crippen molar-refractivity contribution in [1.29, 1.82) is 0 Å². The molecule has 0 heterocycles. The van der Waals surface area contributed by atoms with Crippen LogP contribution in [0.3, 0.4) is 0 Å². The smallest absolute Gasteiger partial charge is 0.0851 e. The van der Waals surface area contributed by atoms with Gasteiger partial charge in [0.2, 0.25) is 0 Å². The molecular formula is C7H12O2. The minimum atomic E-state index is 0.163. The maximum absolute atomic E-state index is 8.56. The van der Waals surface area contributed by atoms with Crippen LogP contribution in [-0.4, -0.2) is 10.2 Å². The highest BCUT2D eigenvalue weighted by molar-refractivity contribution is 4.83. The molecule has 2 N–H and O–H groups in total. The summed E-state index contributed by atoms with van der Waals surface area (Å²) in [6.07, 6.45) is 1.80. The Morgan fingerprint density at radius 3 is 1.56 bits per heavy atom. The van der Waals surface area contributed by atoms with E-state index in [1.54, 1.807) is 0 Å². The Kier molecular flexibility index (Phi) is 3.60. The van der Waals surface area contributed by atoms with E-state index in [-0.39, 0.29) is 11.5 Å². The van der Waals surface area contributed by atoms with Crippen molar-refractivity contribution in [2.75, 3.05) is 0 Å². The van der Waals surface area contributed by atoms with Gasteiger partial charge in [0.15, 0.2) is 0 Å². The first-order chi connectivity index (χ1) is 4.13. The summed E-state index contributed by atoms with van der Waals surface area (Å²) < 4.78 is 0. The Balaban J connectivity index is 3.10. The van der Waals surface area contributed by atoms with Crippen LogP contribution in [-0.2, 0) is 0 Å². The zero-order chi connectivity index (χ0) is 7.28. The van der Waals surface area contributed by atoms with Gasteiger partial charge < -0.3 is 10.2 Å². The number of hydrogen-bond donors (Lipinski definition) is 2. The lowest BCUT2D eigenvalue weighted by Gasteiger charge is -1.96. The molecule has 0 saturated heterocycles. The van der Waals surface area contributed by atoms with Gasteiger partial charge >= 0.3 is 0 Å². The Bertz CT molecular complexity index is 102. The lowest BCUT2D eigenvalue weighted by molar-refractivity contribution is 0.363. The third-order valence-corrected chi connectivity index (χ3v) is 0.931. The second-order valence-corrected chi connectivity index (χ2v) is 1.99. The van der Waals surface area contributed by atoms with E-state index in [4.69, 9.17) is 10.2 Å². The van der Waals surface area contributed by atoms with Gasteiger partial charge in [-0.05, 0) is 6.42 Å². The van der Waals surface area contributed by atoms with Crippen LogP contribution in [0.25, 0.3) is 0 Å². The molecule has 0 aliphatic rings. The first kappa shape index (κ1) is 8.08. The van der Waals surface area contributed by atoms with Gasteiger partial charge in [-0.1, -0.05) is 13.2 Å². The molecule has 2 nitrogen and oxygen atoms in total. The van der Waals surface area contributed by atoms with Crippen LogP contribution in [0.5, 0.6) is 0 Å². The summed E-state index contributed by atoms with van der Waals surface area (Å²) in [6.45, 7) is 6.59. The zero-order valence-corrected chi connectivity index (χ0v) is 5.43. The van der Waals surface area contributed by atoms with Crippen molar-refractivity contribution in [3.63, 3.8) is 0 Å². The van der Waals surface area contributed by atoms with Crippen LogP contribution in [0.4, 0.5) is 0 Å².